The zero-order chi connectivity index (χ0) is 13.2. The number of hydrogen-bond acceptors (Lipinski definition) is 2. The number of nitrogens with zero attached hydrogens (tertiary/aromatic N) is 1. The normalized spacial score (nSPS) is 10.6. The molecule has 0 amide bonds. The van der Waals surface area contributed by atoms with Crippen LogP contribution in [0, 0.1) is 0 Å². The zero-order valence-corrected chi connectivity index (χ0v) is 11.4. The first-order valence-corrected chi connectivity index (χ1v) is 6.56. The number of nitrogens with one attached hydrogen (secondary N) is 1. The highest BCUT2D eigenvalue weighted by molar-refractivity contribution is 6.31. The molecule has 0 aliphatic rings. The van der Waals surface area contributed by atoms with Crippen LogP contribution in [-0.4, -0.2) is 4.98 Å². The van der Waals surface area contributed by atoms with Gasteiger partial charge < -0.3 is 5.32 Å². The van der Waals surface area contributed by atoms with Crippen LogP contribution in [0.5, 0.6) is 0 Å². The molecular weight excluding hydrogens is 279 g/mol. The number of fused-ring (bicyclic) bond motifs is 1. The van der Waals surface area contributed by atoms with E-state index in [0.717, 1.165) is 22.3 Å². The molecule has 0 fully saturated rings. The second kappa shape index (κ2) is 5.08. The number of benzene rings is 2. The first-order valence-electron chi connectivity index (χ1n) is 5.80. The Balaban J connectivity index is 2.09. The summed E-state index contributed by atoms with van der Waals surface area (Å²) in [7, 11) is 0. The highest BCUT2D eigenvalue weighted by Crippen LogP contribution is 2.27. The molecule has 0 bridgehead atoms. The minimum Gasteiger partial charge on any atom is -0.340 e. The van der Waals surface area contributed by atoms with E-state index in [4.69, 9.17) is 23.2 Å². The molecule has 2 nitrogen and oxygen atoms in total. The summed E-state index contributed by atoms with van der Waals surface area (Å²) in [5.74, 6) is 0.727. The first-order chi connectivity index (χ1) is 9.22. The molecule has 0 unspecified atom stereocenters. The SMILES string of the molecule is Clc1cccc(Nc2nc(Cl)cc3ccccc23)c1. The minimum atomic E-state index is 0.461. The van der Waals surface area contributed by atoms with Crippen molar-refractivity contribution in [2.75, 3.05) is 5.32 Å². The van der Waals surface area contributed by atoms with Gasteiger partial charge in [0, 0.05) is 16.1 Å². The average molecular weight is 289 g/mol. The maximum absolute atomic E-state index is 6.04. The lowest BCUT2D eigenvalue weighted by Crippen LogP contribution is -1.95. The lowest BCUT2D eigenvalue weighted by atomic mass is 10.1. The quantitative estimate of drug-likeness (QED) is 0.649. The van der Waals surface area contributed by atoms with Crippen molar-refractivity contribution in [2.45, 2.75) is 0 Å². The van der Waals surface area contributed by atoms with Gasteiger partial charge in [0.1, 0.15) is 11.0 Å². The van der Waals surface area contributed by atoms with Gasteiger partial charge in [-0.25, -0.2) is 4.98 Å². The lowest BCUT2D eigenvalue weighted by molar-refractivity contribution is 1.34. The van der Waals surface area contributed by atoms with Crippen LogP contribution in [0.4, 0.5) is 11.5 Å². The van der Waals surface area contributed by atoms with Crippen LogP contribution in [-0.2, 0) is 0 Å². The molecule has 1 heterocycles. The zero-order valence-electron chi connectivity index (χ0n) is 9.90. The molecule has 3 aromatic rings. The molecule has 94 valence electrons. The first kappa shape index (κ1) is 12.3. The third-order valence-corrected chi connectivity index (χ3v) is 3.23. The molecule has 19 heavy (non-hydrogen) atoms. The van der Waals surface area contributed by atoms with E-state index in [0.29, 0.717) is 10.2 Å². The smallest absolute Gasteiger partial charge is 0.140 e. The predicted molar refractivity (Wildman–Crippen MR) is 81.5 cm³/mol. The van der Waals surface area contributed by atoms with E-state index >= 15 is 0 Å². The van der Waals surface area contributed by atoms with Gasteiger partial charge in [0.25, 0.3) is 0 Å². The second-order valence-electron chi connectivity index (χ2n) is 4.15. The fraction of sp³-hybridized carbons (Fsp3) is 0. The Morgan fingerprint density at radius 1 is 0.895 bits per heavy atom. The van der Waals surface area contributed by atoms with E-state index in [1.807, 2.05) is 54.6 Å². The summed E-state index contributed by atoms with van der Waals surface area (Å²) in [4.78, 5) is 4.34. The topological polar surface area (TPSA) is 24.9 Å². The molecule has 0 spiro atoms. The van der Waals surface area contributed by atoms with Crippen molar-refractivity contribution >= 4 is 45.5 Å². The van der Waals surface area contributed by atoms with Gasteiger partial charge in [-0.2, -0.15) is 0 Å². The Kier molecular flexibility index (Phi) is 3.28. The number of aromatic nitrogens is 1. The highest BCUT2D eigenvalue weighted by Gasteiger charge is 2.05. The van der Waals surface area contributed by atoms with Gasteiger partial charge in [-0.05, 0) is 29.7 Å². The van der Waals surface area contributed by atoms with Gasteiger partial charge in [0.15, 0.2) is 0 Å². The molecule has 2 aromatic carbocycles. The van der Waals surface area contributed by atoms with Gasteiger partial charge in [0.05, 0.1) is 0 Å². The van der Waals surface area contributed by atoms with Crippen LogP contribution in [0.15, 0.2) is 54.6 Å². The van der Waals surface area contributed by atoms with Crippen LogP contribution in [0.1, 0.15) is 0 Å². The molecule has 3 rings (SSSR count). The van der Waals surface area contributed by atoms with Crippen LogP contribution in [0.25, 0.3) is 10.8 Å². The monoisotopic (exact) mass is 288 g/mol. The van der Waals surface area contributed by atoms with Gasteiger partial charge in [-0.1, -0.05) is 53.5 Å². The third-order valence-electron chi connectivity index (χ3n) is 2.80. The van der Waals surface area contributed by atoms with Crippen molar-refractivity contribution in [1.82, 2.24) is 4.98 Å². The number of pyridine rings is 1. The number of hydrogen-bond donors (Lipinski definition) is 1. The number of rotatable bonds is 2. The van der Waals surface area contributed by atoms with Crippen molar-refractivity contribution < 1.29 is 0 Å². The molecule has 0 aliphatic carbocycles. The Morgan fingerprint density at radius 3 is 2.58 bits per heavy atom. The molecule has 0 saturated carbocycles. The van der Waals surface area contributed by atoms with E-state index in [-0.39, 0.29) is 0 Å². The Morgan fingerprint density at radius 2 is 1.74 bits per heavy atom. The standard InChI is InChI=1S/C15H10Cl2N2/c16-11-5-3-6-12(9-11)18-15-13-7-2-1-4-10(13)8-14(17)19-15/h1-9H,(H,18,19). The predicted octanol–water partition coefficient (Wildman–Crippen LogP) is 5.29. The summed E-state index contributed by atoms with van der Waals surface area (Å²) < 4.78 is 0. The minimum absolute atomic E-state index is 0.461. The Hall–Kier alpha value is -1.77. The molecule has 0 radical (unpaired) electrons. The summed E-state index contributed by atoms with van der Waals surface area (Å²) >= 11 is 12.0. The fourth-order valence-electron chi connectivity index (χ4n) is 1.96. The van der Waals surface area contributed by atoms with Crippen molar-refractivity contribution in [3.63, 3.8) is 0 Å². The molecule has 0 saturated heterocycles. The van der Waals surface area contributed by atoms with E-state index in [9.17, 15) is 0 Å². The van der Waals surface area contributed by atoms with E-state index in [1.165, 1.54) is 0 Å². The van der Waals surface area contributed by atoms with E-state index < -0.39 is 0 Å². The molecule has 0 aliphatic heterocycles. The second-order valence-corrected chi connectivity index (χ2v) is 4.97. The Labute approximate surface area is 121 Å². The molecule has 1 N–H and O–H groups in total. The van der Waals surface area contributed by atoms with Crippen LogP contribution in [0.3, 0.4) is 0 Å². The Bertz CT molecular complexity index is 741. The number of anilines is 2. The van der Waals surface area contributed by atoms with Crippen molar-refractivity contribution in [3.8, 4) is 0 Å². The van der Waals surface area contributed by atoms with Crippen molar-refractivity contribution in [3.05, 3.63) is 64.8 Å². The van der Waals surface area contributed by atoms with Crippen LogP contribution >= 0.6 is 23.2 Å². The van der Waals surface area contributed by atoms with Crippen LogP contribution in [0.2, 0.25) is 10.2 Å². The molecule has 0 atom stereocenters. The summed E-state index contributed by atoms with van der Waals surface area (Å²) in [6.07, 6.45) is 0. The van der Waals surface area contributed by atoms with Crippen molar-refractivity contribution in [2.24, 2.45) is 0 Å². The molecule has 4 heteroatoms. The largest absolute Gasteiger partial charge is 0.340 e. The fourth-order valence-corrected chi connectivity index (χ4v) is 2.36. The van der Waals surface area contributed by atoms with Gasteiger partial charge in [0.2, 0.25) is 0 Å². The summed E-state index contributed by atoms with van der Waals surface area (Å²) in [5.41, 5.74) is 0.882. The van der Waals surface area contributed by atoms with Crippen LogP contribution < -0.4 is 5.32 Å². The summed E-state index contributed by atoms with van der Waals surface area (Å²) in [6, 6.07) is 17.3. The van der Waals surface area contributed by atoms with Gasteiger partial charge in [-0.15, -0.1) is 0 Å². The van der Waals surface area contributed by atoms with E-state index in [2.05, 4.69) is 10.3 Å². The van der Waals surface area contributed by atoms with E-state index in [1.54, 1.807) is 0 Å². The summed E-state index contributed by atoms with van der Waals surface area (Å²) in [6.45, 7) is 0. The van der Waals surface area contributed by atoms with Gasteiger partial charge in [-0.3, -0.25) is 0 Å². The lowest BCUT2D eigenvalue weighted by Gasteiger charge is -2.09. The highest BCUT2D eigenvalue weighted by atomic mass is 35.5. The molecule has 1 aromatic heterocycles. The van der Waals surface area contributed by atoms with Gasteiger partial charge >= 0.3 is 0 Å². The number of halogens is 2. The maximum Gasteiger partial charge on any atom is 0.140 e. The molecular formula is C15H10Cl2N2. The summed E-state index contributed by atoms with van der Waals surface area (Å²) in [5, 5.41) is 6.46. The maximum atomic E-state index is 6.04. The third kappa shape index (κ3) is 2.65. The van der Waals surface area contributed by atoms with Crippen molar-refractivity contribution in [1.29, 1.82) is 0 Å². The average Bonchev–Trinajstić information content (AvgIpc) is 2.38.